The molecule has 0 bridgehead atoms. The molecule has 4 heteroatoms. The van der Waals surface area contributed by atoms with Crippen molar-refractivity contribution in [3.63, 3.8) is 0 Å². The van der Waals surface area contributed by atoms with Crippen LogP contribution in [-0.4, -0.2) is 30.2 Å². The van der Waals surface area contributed by atoms with Gasteiger partial charge in [-0.05, 0) is 38.6 Å². The van der Waals surface area contributed by atoms with Gasteiger partial charge in [0.15, 0.2) is 5.13 Å². The van der Waals surface area contributed by atoms with Gasteiger partial charge in [-0.25, -0.2) is 4.98 Å². The molecule has 1 saturated carbocycles. The quantitative estimate of drug-likeness (QED) is 0.871. The lowest BCUT2D eigenvalue weighted by Gasteiger charge is -2.25. The number of hydrogen-bond donors (Lipinski definition) is 1. The second kappa shape index (κ2) is 4.94. The second-order valence-electron chi connectivity index (χ2n) is 5.15. The predicted molar refractivity (Wildman–Crippen MR) is 72.9 cm³/mol. The normalized spacial score (nSPS) is 24.2. The SMILES string of the molecule is CCc1csc(N(CC2CCCN2)C2CC2)n1. The third kappa shape index (κ3) is 2.63. The monoisotopic (exact) mass is 251 g/mol. The first-order valence-electron chi connectivity index (χ1n) is 6.81. The summed E-state index contributed by atoms with van der Waals surface area (Å²) in [4.78, 5) is 7.30. The van der Waals surface area contributed by atoms with Crippen molar-refractivity contribution in [2.24, 2.45) is 0 Å². The maximum Gasteiger partial charge on any atom is 0.185 e. The molecular formula is C13H21N3S. The molecule has 1 atom stereocenters. The van der Waals surface area contributed by atoms with E-state index in [0.717, 1.165) is 19.0 Å². The van der Waals surface area contributed by atoms with Crippen LogP contribution in [0.25, 0.3) is 0 Å². The Kier molecular flexibility index (Phi) is 3.34. The lowest BCUT2D eigenvalue weighted by Crippen LogP contribution is -2.38. The van der Waals surface area contributed by atoms with Gasteiger partial charge in [-0.2, -0.15) is 0 Å². The highest BCUT2D eigenvalue weighted by atomic mass is 32.1. The predicted octanol–water partition coefficient (Wildman–Crippen LogP) is 2.43. The fraction of sp³-hybridized carbons (Fsp3) is 0.769. The van der Waals surface area contributed by atoms with Crippen molar-refractivity contribution in [1.29, 1.82) is 0 Å². The Morgan fingerprint density at radius 2 is 2.35 bits per heavy atom. The number of anilines is 1. The van der Waals surface area contributed by atoms with E-state index >= 15 is 0 Å². The van der Waals surface area contributed by atoms with E-state index in [1.54, 1.807) is 0 Å². The Balaban J connectivity index is 1.70. The summed E-state index contributed by atoms with van der Waals surface area (Å²) in [6.07, 6.45) is 6.43. The van der Waals surface area contributed by atoms with Gasteiger partial charge in [-0.1, -0.05) is 6.92 Å². The molecule has 1 unspecified atom stereocenters. The molecule has 1 N–H and O–H groups in total. The molecule has 0 amide bonds. The van der Waals surface area contributed by atoms with E-state index in [0.29, 0.717) is 6.04 Å². The smallest absolute Gasteiger partial charge is 0.185 e. The Morgan fingerprint density at radius 1 is 1.47 bits per heavy atom. The molecule has 94 valence electrons. The average Bonchev–Trinajstić information content (AvgIpc) is 2.88. The van der Waals surface area contributed by atoms with E-state index in [9.17, 15) is 0 Å². The highest BCUT2D eigenvalue weighted by molar-refractivity contribution is 7.13. The first-order chi connectivity index (χ1) is 8.36. The van der Waals surface area contributed by atoms with E-state index in [1.807, 2.05) is 11.3 Å². The second-order valence-corrected chi connectivity index (χ2v) is 5.99. The van der Waals surface area contributed by atoms with Crippen molar-refractivity contribution in [2.45, 2.75) is 51.1 Å². The molecule has 1 saturated heterocycles. The zero-order chi connectivity index (χ0) is 11.7. The molecule has 0 spiro atoms. The third-order valence-corrected chi connectivity index (χ3v) is 4.64. The van der Waals surface area contributed by atoms with Crippen molar-refractivity contribution in [2.75, 3.05) is 18.0 Å². The number of rotatable bonds is 5. The highest BCUT2D eigenvalue weighted by Crippen LogP contribution is 2.34. The number of nitrogens with one attached hydrogen (secondary N) is 1. The largest absolute Gasteiger partial charge is 0.344 e. The van der Waals surface area contributed by atoms with Gasteiger partial charge in [-0.15, -0.1) is 11.3 Å². The van der Waals surface area contributed by atoms with Gasteiger partial charge in [-0.3, -0.25) is 0 Å². The number of hydrogen-bond acceptors (Lipinski definition) is 4. The summed E-state index contributed by atoms with van der Waals surface area (Å²) in [7, 11) is 0. The van der Waals surface area contributed by atoms with E-state index in [1.165, 1.54) is 43.1 Å². The first kappa shape index (κ1) is 11.5. The van der Waals surface area contributed by atoms with Gasteiger partial charge in [0.2, 0.25) is 0 Å². The molecule has 1 aliphatic carbocycles. The molecule has 0 radical (unpaired) electrons. The van der Waals surface area contributed by atoms with Gasteiger partial charge < -0.3 is 10.2 Å². The van der Waals surface area contributed by atoms with Gasteiger partial charge in [0.25, 0.3) is 0 Å². The number of nitrogens with zero attached hydrogens (tertiary/aromatic N) is 2. The van der Waals surface area contributed by atoms with Crippen LogP contribution in [0.3, 0.4) is 0 Å². The minimum atomic E-state index is 0.685. The molecule has 2 fully saturated rings. The fourth-order valence-corrected chi connectivity index (χ4v) is 3.50. The fourth-order valence-electron chi connectivity index (χ4n) is 2.51. The Labute approximate surface area is 107 Å². The van der Waals surface area contributed by atoms with Crippen LogP contribution in [0, 0.1) is 0 Å². The van der Waals surface area contributed by atoms with E-state index in [-0.39, 0.29) is 0 Å². The summed E-state index contributed by atoms with van der Waals surface area (Å²) in [6.45, 7) is 4.53. The summed E-state index contributed by atoms with van der Waals surface area (Å²) in [5, 5.41) is 7.06. The van der Waals surface area contributed by atoms with Gasteiger partial charge in [0, 0.05) is 24.0 Å². The molecule has 0 aromatic carbocycles. The van der Waals surface area contributed by atoms with Crippen LogP contribution in [0.2, 0.25) is 0 Å². The van der Waals surface area contributed by atoms with Crippen molar-refractivity contribution in [1.82, 2.24) is 10.3 Å². The summed E-state index contributed by atoms with van der Waals surface area (Å²) < 4.78 is 0. The van der Waals surface area contributed by atoms with Crippen LogP contribution < -0.4 is 10.2 Å². The van der Waals surface area contributed by atoms with Crippen LogP contribution in [0.15, 0.2) is 5.38 Å². The molecular weight excluding hydrogens is 230 g/mol. The lowest BCUT2D eigenvalue weighted by atomic mass is 10.2. The van der Waals surface area contributed by atoms with E-state index in [4.69, 9.17) is 4.98 Å². The molecule has 3 rings (SSSR count). The molecule has 2 heterocycles. The highest BCUT2D eigenvalue weighted by Gasteiger charge is 2.32. The van der Waals surface area contributed by atoms with Gasteiger partial charge in [0.1, 0.15) is 0 Å². The lowest BCUT2D eigenvalue weighted by molar-refractivity contribution is 0.577. The maximum atomic E-state index is 4.75. The number of aromatic nitrogens is 1. The molecule has 1 aromatic rings. The maximum absolute atomic E-state index is 4.75. The van der Waals surface area contributed by atoms with Gasteiger partial charge >= 0.3 is 0 Å². The van der Waals surface area contributed by atoms with Crippen LogP contribution in [0.1, 0.15) is 38.3 Å². The third-order valence-electron chi connectivity index (χ3n) is 3.71. The van der Waals surface area contributed by atoms with E-state index < -0.39 is 0 Å². The van der Waals surface area contributed by atoms with Crippen LogP contribution >= 0.6 is 11.3 Å². The molecule has 1 aromatic heterocycles. The molecule has 3 nitrogen and oxygen atoms in total. The number of thiazole rings is 1. The molecule has 17 heavy (non-hydrogen) atoms. The average molecular weight is 251 g/mol. The molecule has 2 aliphatic rings. The molecule has 1 aliphatic heterocycles. The van der Waals surface area contributed by atoms with Gasteiger partial charge in [0.05, 0.1) is 5.69 Å². The minimum absolute atomic E-state index is 0.685. The standard InChI is InChI=1S/C13H21N3S/c1-2-10-9-17-13(15-10)16(12-5-6-12)8-11-4-3-7-14-11/h9,11-12,14H,2-8H2,1H3. The summed E-state index contributed by atoms with van der Waals surface area (Å²) in [5.41, 5.74) is 1.25. The van der Waals surface area contributed by atoms with Crippen molar-refractivity contribution < 1.29 is 0 Å². The van der Waals surface area contributed by atoms with Crippen molar-refractivity contribution in [3.8, 4) is 0 Å². The zero-order valence-corrected chi connectivity index (χ0v) is 11.3. The summed E-state index contributed by atoms with van der Waals surface area (Å²) in [6, 6.07) is 1.46. The van der Waals surface area contributed by atoms with Crippen molar-refractivity contribution in [3.05, 3.63) is 11.1 Å². The zero-order valence-electron chi connectivity index (χ0n) is 10.5. The topological polar surface area (TPSA) is 28.2 Å². The van der Waals surface area contributed by atoms with Crippen molar-refractivity contribution >= 4 is 16.5 Å². The van der Waals surface area contributed by atoms with Crippen LogP contribution in [-0.2, 0) is 6.42 Å². The minimum Gasteiger partial charge on any atom is -0.344 e. The van der Waals surface area contributed by atoms with Crippen LogP contribution in [0.5, 0.6) is 0 Å². The van der Waals surface area contributed by atoms with Crippen LogP contribution in [0.4, 0.5) is 5.13 Å². The summed E-state index contributed by atoms with van der Waals surface area (Å²) in [5.74, 6) is 0. The Hall–Kier alpha value is -0.610. The van der Waals surface area contributed by atoms with E-state index in [2.05, 4.69) is 22.5 Å². The Morgan fingerprint density at radius 3 is 2.94 bits per heavy atom. The summed E-state index contributed by atoms with van der Waals surface area (Å²) >= 11 is 1.82. The number of aryl methyl sites for hydroxylation is 1. The first-order valence-corrected chi connectivity index (χ1v) is 7.69. The Bertz CT molecular complexity index is 366.